The lowest BCUT2D eigenvalue weighted by atomic mass is 9.98. The summed E-state index contributed by atoms with van der Waals surface area (Å²) in [6.07, 6.45) is 0.352. The van der Waals surface area contributed by atoms with E-state index in [0.717, 1.165) is 6.07 Å². The predicted octanol–water partition coefficient (Wildman–Crippen LogP) is 3.05. The van der Waals surface area contributed by atoms with Crippen molar-refractivity contribution < 1.29 is 18.7 Å². The number of hydrogen-bond donors (Lipinski definition) is 1. The van der Waals surface area contributed by atoms with Crippen LogP contribution >= 0.6 is 0 Å². The van der Waals surface area contributed by atoms with Crippen molar-refractivity contribution in [2.45, 2.75) is 6.92 Å². The number of hydrogen-bond acceptors (Lipinski definition) is 1. The van der Waals surface area contributed by atoms with Gasteiger partial charge in [0.05, 0.1) is 0 Å². The van der Waals surface area contributed by atoms with Gasteiger partial charge in [0, 0.05) is 24.6 Å². The molecule has 0 radical (unpaired) electrons. The Morgan fingerprint density at radius 3 is 2.72 bits per heavy atom. The van der Waals surface area contributed by atoms with E-state index in [0.29, 0.717) is 5.56 Å². The van der Waals surface area contributed by atoms with Crippen molar-refractivity contribution in [3.05, 3.63) is 41.2 Å². The Labute approximate surface area is 103 Å². The molecule has 3 nitrogen and oxygen atoms in total. The van der Waals surface area contributed by atoms with Gasteiger partial charge in [0.2, 0.25) is 0 Å². The number of halogens is 2. The largest absolute Gasteiger partial charge is 0.465 e. The molecule has 1 aromatic carbocycles. The van der Waals surface area contributed by atoms with Crippen LogP contribution in [0.2, 0.25) is 0 Å². The summed E-state index contributed by atoms with van der Waals surface area (Å²) in [7, 11) is 0. The molecule has 1 N–H and O–H groups in total. The van der Waals surface area contributed by atoms with Crippen LogP contribution in [0.25, 0.3) is 5.83 Å². The van der Waals surface area contributed by atoms with E-state index in [9.17, 15) is 13.6 Å². The Morgan fingerprint density at radius 1 is 1.50 bits per heavy atom. The fourth-order valence-corrected chi connectivity index (χ4v) is 1.82. The second-order valence-electron chi connectivity index (χ2n) is 4.43. The number of carbonyl (C=O) groups is 1. The van der Waals surface area contributed by atoms with Crippen LogP contribution in [-0.4, -0.2) is 29.2 Å². The van der Waals surface area contributed by atoms with Gasteiger partial charge in [0.1, 0.15) is 11.6 Å². The highest BCUT2D eigenvalue weighted by molar-refractivity contribution is 5.67. The van der Waals surface area contributed by atoms with Crippen LogP contribution in [0.15, 0.2) is 24.3 Å². The third kappa shape index (κ3) is 2.50. The molecule has 2 rings (SSSR count). The molecule has 1 aromatic rings. The summed E-state index contributed by atoms with van der Waals surface area (Å²) in [6, 6.07) is 4.18. The lowest BCUT2D eigenvalue weighted by molar-refractivity contribution is 0.0972. The van der Waals surface area contributed by atoms with Gasteiger partial charge in [0.25, 0.3) is 0 Å². The maximum Gasteiger partial charge on any atom is 0.407 e. The molecule has 0 atom stereocenters. The number of benzene rings is 1. The standard InChI is InChI=1S/C13H13F2NO2/c1-8-2-3-10(5-11(8)14)12(15)4-9-6-16(7-9)13(17)18/h2-5,9H,6-7H2,1H3,(H,17,18)/b12-4-. The van der Waals surface area contributed by atoms with Crippen LogP contribution in [0.5, 0.6) is 0 Å². The van der Waals surface area contributed by atoms with Gasteiger partial charge in [-0.05, 0) is 24.6 Å². The van der Waals surface area contributed by atoms with Crippen LogP contribution in [0.4, 0.5) is 13.6 Å². The van der Waals surface area contributed by atoms with Crippen molar-refractivity contribution in [3.63, 3.8) is 0 Å². The van der Waals surface area contributed by atoms with E-state index < -0.39 is 17.7 Å². The first-order chi connectivity index (χ1) is 8.47. The van der Waals surface area contributed by atoms with E-state index >= 15 is 0 Å². The molecule has 1 amide bonds. The van der Waals surface area contributed by atoms with Gasteiger partial charge in [-0.25, -0.2) is 13.6 Å². The van der Waals surface area contributed by atoms with E-state index in [4.69, 9.17) is 5.11 Å². The Morgan fingerprint density at radius 2 is 2.17 bits per heavy atom. The first-order valence-electron chi connectivity index (χ1n) is 5.59. The minimum absolute atomic E-state index is 0.134. The molecular formula is C13H13F2NO2. The van der Waals surface area contributed by atoms with Crippen molar-refractivity contribution in [1.82, 2.24) is 4.90 Å². The summed E-state index contributed by atoms with van der Waals surface area (Å²) in [5.41, 5.74) is 0.652. The number of amides is 1. The van der Waals surface area contributed by atoms with E-state index in [-0.39, 0.29) is 24.6 Å². The average Bonchev–Trinajstić information content (AvgIpc) is 2.25. The van der Waals surface area contributed by atoms with E-state index in [1.807, 2.05) is 0 Å². The van der Waals surface area contributed by atoms with Gasteiger partial charge < -0.3 is 10.0 Å². The van der Waals surface area contributed by atoms with Crippen molar-refractivity contribution in [1.29, 1.82) is 0 Å². The molecule has 0 spiro atoms. The van der Waals surface area contributed by atoms with Gasteiger partial charge in [-0.1, -0.05) is 12.1 Å². The fourth-order valence-electron chi connectivity index (χ4n) is 1.82. The number of aryl methyl sites for hydroxylation is 1. The first kappa shape index (κ1) is 12.5. The van der Waals surface area contributed by atoms with Gasteiger partial charge in [-0.2, -0.15) is 0 Å². The molecule has 5 heteroatoms. The third-order valence-electron chi connectivity index (χ3n) is 3.01. The maximum atomic E-state index is 13.8. The summed E-state index contributed by atoms with van der Waals surface area (Å²) in [6.45, 7) is 2.19. The Balaban J connectivity index is 2.05. The van der Waals surface area contributed by atoms with Gasteiger partial charge in [-0.15, -0.1) is 0 Å². The number of nitrogens with zero attached hydrogens (tertiary/aromatic N) is 1. The molecule has 1 heterocycles. The van der Waals surface area contributed by atoms with E-state index in [2.05, 4.69) is 0 Å². The van der Waals surface area contributed by atoms with Crippen molar-refractivity contribution in [3.8, 4) is 0 Å². The molecule has 0 saturated carbocycles. The molecule has 0 aromatic heterocycles. The molecule has 1 fully saturated rings. The van der Waals surface area contributed by atoms with Crippen LogP contribution in [-0.2, 0) is 0 Å². The lowest BCUT2D eigenvalue weighted by Gasteiger charge is -2.35. The van der Waals surface area contributed by atoms with Gasteiger partial charge >= 0.3 is 6.09 Å². The molecule has 1 aliphatic heterocycles. The van der Waals surface area contributed by atoms with Crippen LogP contribution in [0.3, 0.4) is 0 Å². The monoisotopic (exact) mass is 253 g/mol. The minimum atomic E-state index is -0.999. The zero-order chi connectivity index (χ0) is 13.3. The molecule has 0 aliphatic carbocycles. The summed E-state index contributed by atoms with van der Waals surface area (Å²) >= 11 is 0. The quantitative estimate of drug-likeness (QED) is 0.880. The van der Waals surface area contributed by atoms with Crippen LogP contribution in [0, 0.1) is 18.7 Å². The molecular weight excluding hydrogens is 240 g/mol. The maximum absolute atomic E-state index is 13.8. The number of likely N-dealkylation sites (tertiary alicyclic amines) is 1. The zero-order valence-electron chi connectivity index (χ0n) is 9.86. The Bertz CT molecular complexity index is 508. The summed E-state index contributed by atoms with van der Waals surface area (Å²) in [5.74, 6) is -1.09. The highest BCUT2D eigenvalue weighted by Gasteiger charge is 2.29. The predicted molar refractivity (Wildman–Crippen MR) is 63.3 cm³/mol. The molecule has 0 unspecified atom stereocenters. The zero-order valence-corrected chi connectivity index (χ0v) is 9.86. The second kappa shape index (κ2) is 4.76. The SMILES string of the molecule is Cc1ccc(/C(F)=C/C2CN(C(=O)O)C2)cc1F. The van der Waals surface area contributed by atoms with E-state index in [1.165, 1.54) is 23.1 Å². The van der Waals surface area contributed by atoms with Gasteiger partial charge in [-0.3, -0.25) is 0 Å². The fraction of sp³-hybridized carbons (Fsp3) is 0.308. The van der Waals surface area contributed by atoms with Crippen molar-refractivity contribution >= 4 is 11.9 Å². The van der Waals surface area contributed by atoms with Gasteiger partial charge in [0.15, 0.2) is 0 Å². The highest BCUT2D eigenvalue weighted by atomic mass is 19.1. The van der Waals surface area contributed by atoms with E-state index in [1.54, 1.807) is 6.92 Å². The second-order valence-corrected chi connectivity index (χ2v) is 4.43. The Kier molecular flexibility index (Phi) is 3.32. The molecule has 1 saturated heterocycles. The highest BCUT2D eigenvalue weighted by Crippen LogP contribution is 2.24. The summed E-state index contributed by atoms with van der Waals surface area (Å²) in [4.78, 5) is 11.7. The number of carboxylic acid groups (broad SMARTS) is 1. The molecule has 96 valence electrons. The van der Waals surface area contributed by atoms with Crippen molar-refractivity contribution in [2.75, 3.05) is 13.1 Å². The number of rotatable bonds is 2. The topological polar surface area (TPSA) is 40.5 Å². The molecule has 1 aliphatic rings. The Hall–Kier alpha value is -1.91. The smallest absolute Gasteiger partial charge is 0.407 e. The normalized spacial score (nSPS) is 16.6. The summed E-state index contributed by atoms with van der Waals surface area (Å²) in [5, 5.41) is 8.63. The van der Waals surface area contributed by atoms with Crippen LogP contribution < -0.4 is 0 Å². The molecule has 0 bridgehead atoms. The minimum Gasteiger partial charge on any atom is -0.465 e. The first-order valence-corrected chi connectivity index (χ1v) is 5.59. The molecule has 18 heavy (non-hydrogen) atoms. The summed E-state index contributed by atoms with van der Waals surface area (Å²) < 4.78 is 27.0. The van der Waals surface area contributed by atoms with Crippen molar-refractivity contribution in [2.24, 2.45) is 5.92 Å². The third-order valence-corrected chi connectivity index (χ3v) is 3.01. The van der Waals surface area contributed by atoms with Crippen LogP contribution in [0.1, 0.15) is 11.1 Å². The average molecular weight is 253 g/mol. The lowest BCUT2D eigenvalue weighted by Crippen LogP contribution is -2.48.